The first-order valence-corrected chi connectivity index (χ1v) is 7.83. The van der Waals surface area contributed by atoms with Gasteiger partial charge in [0.15, 0.2) is 0 Å². The first-order chi connectivity index (χ1) is 10.3. The van der Waals surface area contributed by atoms with Gasteiger partial charge in [0, 0.05) is 44.3 Å². The highest BCUT2D eigenvalue weighted by Crippen LogP contribution is 2.28. The number of rotatable bonds is 2. The highest BCUT2D eigenvalue weighted by Gasteiger charge is 2.36. The van der Waals surface area contributed by atoms with E-state index < -0.39 is 0 Å². The van der Waals surface area contributed by atoms with Gasteiger partial charge >= 0.3 is 0 Å². The van der Waals surface area contributed by atoms with Crippen LogP contribution in [0.15, 0.2) is 24.4 Å². The van der Waals surface area contributed by atoms with E-state index >= 15 is 0 Å². The second-order valence-corrected chi connectivity index (χ2v) is 6.20. The molecular formula is C16H22N4O. The summed E-state index contributed by atoms with van der Waals surface area (Å²) in [5.41, 5.74) is 2.22. The van der Waals surface area contributed by atoms with Gasteiger partial charge in [0.05, 0.1) is 17.9 Å². The number of H-pyrrole nitrogens is 1. The molecule has 0 amide bonds. The van der Waals surface area contributed by atoms with Crippen LogP contribution in [0.2, 0.25) is 0 Å². The Morgan fingerprint density at radius 2 is 2.14 bits per heavy atom. The number of ether oxygens (including phenoxy) is 1. The predicted molar refractivity (Wildman–Crippen MR) is 82.2 cm³/mol. The Balaban J connectivity index is 1.39. The molecule has 4 heterocycles. The van der Waals surface area contributed by atoms with Gasteiger partial charge in [0.2, 0.25) is 0 Å². The lowest BCUT2D eigenvalue weighted by molar-refractivity contribution is -0.101. The second kappa shape index (κ2) is 5.40. The van der Waals surface area contributed by atoms with Crippen LogP contribution in [0.1, 0.15) is 18.5 Å². The topological polar surface area (TPSA) is 53.2 Å². The summed E-state index contributed by atoms with van der Waals surface area (Å²) in [6, 6.07) is 6.34. The standard InChI is InChI=1S/C16H22N4O/c1-2-14(19-15-13(1)3-6-18-15)11-20-8-4-16(5-9-20)12-17-7-10-21-16/h1-3,6,17H,4-5,7-12H2,(H,18,19). The Labute approximate surface area is 124 Å². The first kappa shape index (κ1) is 13.2. The number of morpholine rings is 1. The number of likely N-dealkylation sites (tertiary alicyclic amines) is 1. The molecule has 5 heteroatoms. The van der Waals surface area contributed by atoms with Gasteiger partial charge in [0.1, 0.15) is 5.65 Å². The molecule has 1 spiro atoms. The summed E-state index contributed by atoms with van der Waals surface area (Å²) in [5.74, 6) is 0. The molecule has 2 aromatic heterocycles. The maximum Gasteiger partial charge on any atom is 0.137 e. The summed E-state index contributed by atoms with van der Waals surface area (Å²) in [6.45, 7) is 5.96. The Bertz CT molecular complexity index is 608. The molecule has 0 aromatic carbocycles. The second-order valence-electron chi connectivity index (χ2n) is 6.20. The normalized spacial score (nSPS) is 22.9. The molecule has 0 atom stereocenters. The molecule has 4 rings (SSSR count). The van der Waals surface area contributed by atoms with E-state index in [0.29, 0.717) is 0 Å². The predicted octanol–water partition coefficient (Wildman–Crippen LogP) is 1.52. The number of hydrogen-bond donors (Lipinski definition) is 2. The number of aromatic amines is 1. The highest BCUT2D eigenvalue weighted by atomic mass is 16.5. The zero-order valence-electron chi connectivity index (χ0n) is 12.3. The van der Waals surface area contributed by atoms with Crippen LogP contribution in [0.25, 0.3) is 11.0 Å². The van der Waals surface area contributed by atoms with Crippen LogP contribution in [0.4, 0.5) is 0 Å². The summed E-state index contributed by atoms with van der Waals surface area (Å²) < 4.78 is 6.04. The molecular weight excluding hydrogens is 264 g/mol. The van der Waals surface area contributed by atoms with Gasteiger partial charge in [-0.3, -0.25) is 4.90 Å². The van der Waals surface area contributed by atoms with E-state index in [4.69, 9.17) is 9.72 Å². The van der Waals surface area contributed by atoms with Crippen molar-refractivity contribution in [1.29, 1.82) is 0 Å². The van der Waals surface area contributed by atoms with Crippen molar-refractivity contribution in [3.63, 3.8) is 0 Å². The fourth-order valence-corrected chi connectivity index (χ4v) is 3.43. The van der Waals surface area contributed by atoms with Crippen molar-refractivity contribution in [3.05, 3.63) is 30.1 Å². The summed E-state index contributed by atoms with van der Waals surface area (Å²) in [6.07, 6.45) is 4.18. The van der Waals surface area contributed by atoms with Crippen molar-refractivity contribution in [2.75, 3.05) is 32.8 Å². The van der Waals surface area contributed by atoms with E-state index in [2.05, 4.69) is 33.4 Å². The summed E-state index contributed by atoms with van der Waals surface area (Å²) in [7, 11) is 0. The molecule has 5 nitrogen and oxygen atoms in total. The van der Waals surface area contributed by atoms with Crippen molar-refractivity contribution < 1.29 is 4.74 Å². The molecule has 21 heavy (non-hydrogen) atoms. The Hall–Kier alpha value is -1.43. The van der Waals surface area contributed by atoms with Crippen LogP contribution >= 0.6 is 0 Å². The van der Waals surface area contributed by atoms with Gasteiger partial charge in [-0.2, -0.15) is 0 Å². The van der Waals surface area contributed by atoms with Crippen LogP contribution in [0.5, 0.6) is 0 Å². The summed E-state index contributed by atoms with van der Waals surface area (Å²) in [5, 5.41) is 4.65. The Kier molecular flexibility index (Phi) is 3.41. The minimum Gasteiger partial charge on any atom is -0.372 e. The van der Waals surface area contributed by atoms with E-state index in [-0.39, 0.29) is 5.60 Å². The van der Waals surface area contributed by atoms with Crippen molar-refractivity contribution in [3.8, 4) is 0 Å². The van der Waals surface area contributed by atoms with Crippen LogP contribution < -0.4 is 5.32 Å². The monoisotopic (exact) mass is 286 g/mol. The molecule has 2 N–H and O–H groups in total. The molecule has 2 aliphatic heterocycles. The number of aromatic nitrogens is 2. The molecule has 0 saturated carbocycles. The van der Waals surface area contributed by atoms with Gasteiger partial charge in [0.25, 0.3) is 0 Å². The average Bonchev–Trinajstić information content (AvgIpc) is 2.98. The lowest BCUT2D eigenvalue weighted by atomic mass is 9.90. The van der Waals surface area contributed by atoms with Crippen LogP contribution in [0.3, 0.4) is 0 Å². The van der Waals surface area contributed by atoms with E-state index in [0.717, 1.165) is 63.5 Å². The van der Waals surface area contributed by atoms with Gasteiger partial charge in [-0.15, -0.1) is 0 Å². The molecule has 0 unspecified atom stereocenters. The maximum atomic E-state index is 6.04. The molecule has 2 fully saturated rings. The lowest BCUT2D eigenvalue weighted by Crippen LogP contribution is -2.55. The third kappa shape index (κ3) is 2.69. The average molecular weight is 286 g/mol. The number of piperidine rings is 1. The summed E-state index contributed by atoms with van der Waals surface area (Å²) in [4.78, 5) is 10.4. The van der Waals surface area contributed by atoms with Crippen LogP contribution in [0, 0.1) is 0 Å². The highest BCUT2D eigenvalue weighted by molar-refractivity contribution is 5.75. The molecule has 2 saturated heterocycles. The first-order valence-electron chi connectivity index (χ1n) is 7.83. The minimum absolute atomic E-state index is 0.0889. The SMILES string of the molecule is c1cc2ccc(CN3CCC4(CC3)CNCCO4)nc2[nH]1. The number of pyridine rings is 1. The third-order valence-corrected chi connectivity index (χ3v) is 4.75. The molecule has 0 aliphatic carbocycles. The molecule has 112 valence electrons. The van der Waals surface area contributed by atoms with Crippen molar-refractivity contribution in [2.45, 2.75) is 25.0 Å². The largest absolute Gasteiger partial charge is 0.372 e. The van der Waals surface area contributed by atoms with Crippen molar-refractivity contribution >= 4 is 11.0 Å². The van der Waals surface area contributed by atoms with E-state index in [9.17, 15) is 0 Å². The van der Waals surface area contributed by atoms with Crippen molar-refractivity contribution in [2.24, 2.45) is 0 Å². The third-order valence-electron chi connectivity index (χ3n) is 4.75. The number of fused-ring (bicyclic) bond motifs is 1. The van der Waals surface area contributed by atoms with Crippen molar-refractivity contribution in [1.82, 2.24) is 20.2 Å². The van der Waals surface area contributed by atoms with Crippen LogP contribution in [-0.4, -0.2) is 53.3 Å². The van der Waals surface area contributed by atoms with Crippen LogP contribution in [-0.2, 0) is 11.3 Å². The molecule has 2 aromatic rings. The molecule has 0 radical (unpaired) electrons. The van der Waals surface area contributed by atoms with E-state index in [1.807, 2.05) is 6.20 Å². The summed E-state index contributed by atoms with van der Waals surface area (Å²) >= 11 is 0. The van der Waals surface area contributed by atoms with E-state index in [1.54, 1.807) is 0 Å². The quantitative estimate of drug-likeness (QED) is 0.879. The van der Waals surface area contributed by atoms with Gasteiger partial charge < -0.3 is 15.0 Å². The fraction of sp³-hybridized carbons (Fsp3) is 0.562. The smallest absolute Gasteiger partial charge is 0.137 e. The van der Waals surface area contributed by atoms with Gasteiger partial charge in [-0.1, -0.05) is 0 Å². The number of hydrogen-bond acceptors (Lipinski definition) is 4. The van der Waals surface area contributed by atoms with Gasteiger partial charge in [-0.05, 0) is 31.0 Å². The fourth-order valence-electron chi connectivity index (χ4n) is 3.43. The Morgan fingerprint density at radius 1 is 1.24 bits per heavy atom. The Morgan fingerprint density at radius 3 is 2.95 bits per heavy atom. The van der Waals surface area contributed by atoms with E-state index in [1.165, 1.54) is 5.39 Å². The number of nitrogens with one attached hydrogen (secondary N) is 2. The zero-order valence-corrected chi connectivity index (χ0v) is 12.3. The zero-order chi connectivity index (χ0) is 14.1. The molecule has 0 bridgehead atoms. The minimum atomic E-state index is 0.0889. The maximum absolute atomic E-state index is 6.04. The van der Waals surface area contributed by atoms with Gasteiger partial charge in [-0.25, -0.2) is 4.98 Å². The molecule has 2 aliphatic rings. The lowest BCUT2D eigenvalue weighted by Gasteiger charge is -2.44. The number of nitrogens with zero attached hydrogens (tertiary/aromatic N) is 2.